The van der Waals surface area contributed by atoms with Crippen LogP contribution in [0.25, 0.3) is 0 Å². The first-order chi connectivity index (χ1) is 12.7. The van der Waals surface area contributed by atoms with Crippen molar-refractivity contribution in [3.05, 3.63) is 33.9 Å². The average molecular weight is 374 g/mol. The SMILES string of the molecule is CC(C)CN(c1ccc(C(C)CC(=O)O)cc1[N+](=O)[O-])C1CC2(CCC2)C1. The maximum atomic E-state index is 11.8. The molecule has 0 aromatic heterocycles. The smallest absolute Gasteiger partial charge is 0.303 e. The van der Waals surface area contributed by atoms with E-state index in [1.54, 1.807) is 13.0 Å². The molecule has 0 bridgehead atoms. The zero-order valence-electron chi connectivity index (χ0n) is 16.5. The second kappa shape index (κ2) is 7.49. The normalized spacial score (nSPS) is 19.4. The van der Waals surface area contributed by atoms with Gasteiger partial charge in [0.15, 0.2) is 0 Å². The van der Waals surface area contributed by atoms with E-state index in [1.165, 1.54) is 19.3 Å². The van der Waals surface area contributed by atoms with Crippen molar-refractivity contribution >= 4 is 17.3 Å². The molecular formula is C21H30N2O4. The minimum Gasteiger partial charge on any atom is -0.481 e. The van der Waals surface area contributed by atoms with Crippen LogP contribution >= 0.6 is 0 Å². The first-order valence-corrected chi connectivity index (χ1v) is 9.97. The lowest BCUT2D eigenvalue weighted by molar-refractivity contribution is -0.384. The molecule has 2 aliphatic rings. The van der Waals surface area contributed by atoms with Gasteiger partial charge in [0.05, 0.1) is 11.3 Å². The van der Waals surface area contributed by atoms with Gasteiger partial charge in [0.1, 0.15) is 5.69 Å². The van der Waals surface area contributed by atoms with Crippen molar-refractivity contribution in [1.29, 1.82) is 0 Å². The minimum atomic E-state index is -0.893. The minimum absolute atomic E-state index is 0.0304. The van der Waals surface area contributed by atoms with Crippen LogP contribution in [0.2, 0.25) is 0 Å². The van der Waals surface area contributed by atoms with Crippen LogP contribution in [-0.2, 0) is 4.79 Å². The summed E-state index contributed by atoms with van der Waals surface area (Å²) in [6.45, 7) is 6.87. The molecule has 0 radical (unpaired) electrons. The molecule has 6 nitrogen and oxygen atoms in total. The van der Waals surface area contributed by atoms with E-state index in [2.05, 4.69) is 18.7 Å². The van der Waals surface area contributed by atoms with Gasteiger partial charge in [-0.25, -0.2) is 0 Å². The zero-order valence-corrected chi connectivity index (χ0v) is 16.5. The topological polar surface area (TPSA) is 83.7 Å². The number of carboxylic acids is 1. The van der Waals surface area contributed by atoms with Gasteiger partial charge in [-0.15, -0.1) is 0 Å². The molecule has 0 aliphatic heterocycles. The fourth-order valence-corrected chi connectivity index (χ4v) is 4.70. The van der Waals surface area contributed by atoms with Gasteiger partial charge in [0.25, 0.3) is 5.69 Å². The van der Waals surface area contributed by atoms with Crippen molar-refractivity contribution in [1.82, 2.24) is 0 Å². The number of carboxylic acid groups (broad SMARTS) is 1. The van der Waals surface area contributed by atoms with E-state index >= 15 is 0 Å². The summed E-state index contributed by atoms with van der Waals surface area (Å²) in [5.74, 6) is -0.736. The number of nitro groups is 1. The van der Waals surface area contributed by atoms with Crippen molar-refractivity contribution in [3.8, 4) is 0 Å². The lowest BCUT2D eigenvalue weighted by atomic mass is 9.53. The largest absolute Gasteiger partial charge is 0.481 e. The van der Waals surface area contributed by atoms with Gasteiger partial charge in [-0.05, 0) is 54.6 Å². The first kappa shape index (κ1) is 19.6. The van der Waals surface area contributed by atoms with Crippen molar-refractivity contribution in [2.24, 2.45) is 11.3 Å². The highest BCUT2D eigenvalue weighted by Crippen LogP contribution is 2.58. The maximum Gasteiger partial charge on any atom is 0.303 e. The van der Waals surface area contributed by atoms with E-state index in [4.69, 9.17) is 5.11 Å². The Kier molecular flexibility index (Phi) is 5.45. The molecule has 1 aromatic rings. The Bertz CT molecular complexity index is 719. The van der Waals surface area contributed by atoms with E-state index in [0.717, 1.165) is 19.4 Å². The number of rotatable bonds is 8. The van der Waals surface area contributed by atoms with Crippen LogP contribution in [0, 0.1) is 21.4 Å². The van der Waals surface area contributed by atoms with Gasteiger partial charge >= 0.3 is 5.97 Å². The van der Waals surface area contributed by atoms with Gasteiger partial charge < -0.3 is 10.0 Å². The molecule has 1 atom stereocenters. The Balaban J connectivity index is 1.88. The average Bonchev–Trinajstić information content (AvgIpc) is 2.49. The van der Waals surface area contributed by atoms with E-state index in [9.17, 15) is 14.9 Å². The van der Waals surface area contributed by atoms with E-state index in [-0.39, 0.29) is 22.9 Å². The summed E-state index contributed by atoms with van der Waals surface area (Å²) in [5.41, 5.74) is 1.99. The summed E-state index contributed by atoms with van der Waals surface area (Å²) in [4.78, 5) is 24.7. The summed E-state index contributed by atoms with van der Waals surface area (Å²) in [7, 11) is 0. The van der Waals surface area contributed by atoms with Crippen LogP contribution in [0.3, 0.4) is 0 Å². The lowest BCUT2D eigenvalue weighted by Gasteiger charge is -2.57. The first-order valence-electron chi connectivity index (χ1n) is 9.97. The highest BCUT2D eigenvalue weighted by Gasteiger charge is 2.50. The second-order valence-electron chi connectivity index (χ2n) is 8.97. The van der Waals surface area contributed by atoms with Crippen LogP contribution in [0.5, 0.6) is 0 Å². The molecular weight excluding hydrogens is 344 g/mol. The molecule has 148 valence electrons. The summed E-state index contributed by atoms with van der Waals surface area (Å²) >= 11 is 0. The number of carbonyl (C=O) groups is 1. The number of aliphatic carboxylic acids is 1. The Morgan fingerprint density at radius 3 is 2.48 bits per heavy atom. The molecule has 2 saturated carbocycles. The van der Waals surface area contributed by atoms with Crippen LogP contribution in [-0.4, -0.2) is 28.6 Å². The molecule has 0 saturated heterocycles. The molecule has 0 heterocycles. The molecule has 1 aromatic carbocycles. The van der Waals surface area contributed by atoms with Crippen LogP contribution in [0.15, 0.2) is 18.2 Å². The fraction of sp³-hybridized carbons (Fsp3) is 0.667. The maximum absolute atomic E-state index is 11.8. The van der Waals surface area contributed by atoms with Crippen molar-refractivity contribution in [2.75, 3.05) is 11.4 Å². The van der Waals surface area contributed by atoms with E-state index in [0.29, 0.717) is 28.6 Å². The molecule has 2 aliphatic carbocycles. The molecule has 1 unspecified atom stereocenters. The quantitative estimate of drug-likeness (QED) is 0.513. The van der Waals surface area contributed by atoms with Crippen LogP contribution in [0.1, 0.15) is 70.8 Å². The Hall–Kier alpha value is -2.11. The molecule has 2 fully saturated rings. The highest BCUT2D eigenvalue weighted by atomic mass is 16.6. The number of hydrogen-bond donors (Lipinski definition) is 1. The Morgan fingerprint density at radius 1 is 1.33 bits per heavy atom. The molecule has 1 N–H and O–H groups in total. The van der Waals surface area contributed by atoms with Crippen molar-refractivity contribution in [2.45, 2.75) is 71.3 Å². The van der Waals surface area contributed by atoms with Gasteiger partial charge in [-0.2, -0.15) is 0 Å². The molecule has 6 heteroatoms. The van der Waals surface area contributed by atoms with Gasteiger partial charge in [-0.1, -0.05) is 33.3 Å². The monoisotopic (exact) mass is 374 g/mol. The van der Waals surface area contributed by atoms with Crippen LogP contribution in [0.4, 0.5) is 11.4 Å². The molecule has 0 amide bonds. The van der Waals surface area contributed by atoms with Crippen LogP contribution < -0.4 is 4.90 Å². The van der Waals surface area contributed by atoms with E-state index in [1.807, 2.05) is 12.1 Å². The second-order valence-corrected chi connectivity index (χ2v) is 8.97. The van der Waals surface area contributed by atoms with E-state index < -0.39 is 5.97 Å². The predicted octanol–water partition coefficient (Wildman–Crippen LogP) is 4.97. The van der Waals surface area contributed by atoms with Crippen molar-refractivity contribution < 1.29 is 14.8 Å². The summed E-state index contributed by atoms with van der Waals surface area (Å²) in [5, 5.41) is 20.8. The predicted molar refractivity (Wildman–Crippen MR) is 105 cm³/mol. The third-order valence-corrected chi connectivity index (χ3v) is 6.31. The Morgan fingerprint density at radius 2 is 2.00 bits per heavy atom. The molecule has 1 spiro atoms. The fourth-order valence-electron chi connectivity index (χ4n) is 4.70. The van der Waals surface area contributed by atoms with Gasteiger partial charge in [0.2, 0.25) is 0 Å². The standard InChI is InChI=1S/C21H30N2O4/c1-14(2)13-22(17-11-21(12-17)7-4-8-21)18-6-5-16(10-19(18)23(26)27)15(3)9-20(24)25/h5-6,10,14-15,17H,4,7-9,11-13H2,1-3H3,(H,24,25). The highest BCUT2D eigenvalue weighted by molar-refractivity contribution is 5.69. The number of anilines is 1. The number of hydrogen-bond acceptors (Lipinski definition) is 4. The molecule has 27 heavy (non-hydrogen) atoms. The third kappa shape index (κ3) is 4.09. The summed E-state index contributed by atoms with van der Waals surface area (Å²) < 4.78 is 0. The number of nitro benzene ring substituents is 1. The summed E-state index contributed by atoms with van der Waals surface area (Å²) in [6, 6.07) is 5.64. The number of nitrogens with zero attached hydrogens (tertiary/aromatic N) is 2. The van der Waals surface area contributed by atoms with Crippen molar-refractivity contribution in [3.63, 3.8) is 0 Å². The lowest BCUT2D eigenvalue weighted by Crippen LogP contribution is -2.55. The Labute approximate surface area is 160 Å². The third-order valence-electron chi connectivity index (χ3n) is 6.31. The molecule has 3 rings (SSSR count). The van der Waals surface area contributed by atoms with Gasteiger partial charge in [-0.3, -0.25) is 14.9 Å². The zero-order chi connectivity index (χ0) is 19.8. The van der Waals surface area contributed by atoms with Gasteiger partial charge in [0, 0.05) is 18.7 Å². The number of benzene rings is 1. The summed E-state index contributed by atoms with van der Waals surface area (Å²) in [6.07, 6.45) is 6.14.